The SMILES string of the molecule is Cc1ccc(N2C(=O)C[C@H](C(=O)OCC(=O)N[C@@](C)(C#N)C(C)C)[C@H]2c2cccs2)cc1. The second-order valence-corrected chi connectivity index (χ2v) is 9.47. The van der Waals surface area contributed by atoms with E-state index in [-0.39, 0.29) is 18.2 Å². The van der Waals surface area contributed by atoms with Crippen LogP contribution in [-0.4, -0.2) is 29.9 Å². The molecule has 1 aliphatic rings. The summed E-state index contributed by atoms with van der Waals surface area (Å²) >= 11 is 1.47. The Morgan fingerprint density at radius 1 is 1.31 bits per heavy atom. The Bertz CT molecular complexity index is 1030. The lowest BCUT2D eigenvalue weighted by Crippen LogP contribution is -2.50. The van der Waals surface area contributed by atoms with Gasteiger partial charge in [-0.3, -0.25) is 14.4 Å². The fourth-order valence-corrected chi connectivity index (χ4v) is 4.49. The lowest BCUT2D eigenvalue weighted by atomic mass is 9.90. The van der Waals surface area contributed by atoms with Crippen LogP contribution in [0.5, 0.6) is 0 Å². The molecule has 1 N–H and O–H groups in total. The zero-order chi connectivity index (χ0) is 23.5. The Labute approximate surface area is 192 Å². The molecule has 3 rings (SSSR count). The van der Waals surface area contributed by atoms with Gasteiger partial charge in [0.1, 0.15) is 5.54 Å². The van der Waals surface area contributed by atoms with Gasteiger partial charge < -0.3 is 15.0 Å². The maximum atomic E-state index is 13.0. The van der Waals surface area contributed by atoms with Gasteiger partial charge in [0, 0.05) is 17.0 Å². The fourth-order valence-electron chi connectivity index (χ4n) is 3.61. The van der Waals surface area contributed by atoms with Crippen LogP contribution in [0.3, 0.4) is 0 Å². The first kappa shape index (κ1) is 23.5. The predicted octanol–water partition coefficient (Wildman–Crippen LogP) is 3.75. The minimum Gasteiger partial charge on any atom is -0.455 e. The highest BCUT2D eigenvalue weighted by molar-refractivity contribution is 7.10. The lowest BCUT2D eigenvalue weighted by molar-refractivity contribution is -0.153. The molecule has 2 heterocycles. The number of carbonyl (C=O) groups excluding carboxylic acids is 3. The number of hydrogen-bond donors (Lipinski definition) is 1. The topological polar surface area (TPSA) is 99.5 Å². The van der Waals surface area contributed by atoms with E-state index in [4.69, 9.17) is 4.74 Å². The number of rotatable bonds is 7. The first-order valence-corrected chi connectivity index (χ1v) is 11.3. The van der Waals surface area contributed by atoms with Gasteiger partial charge in [-0.05, 0) is 43.3 Å². The van der Waals surface area contributed by atoms with E-state index in [1.54, 1.807) is 11.8 Å². The number of benzene rings is 1. The number of esters is 1. The summed E-state index contributed by atoms with van der Waals surface area (Å²) in [5.41, 5.74) is 0.726. The number of carbonyl (C=O) groups is 3. The highest BCUT2D eigenvalue weighted by Gasteiger charge is 2.46. The molecule has 0 bridgehead atoms. The zero-order valence-electron chi connectivity index (χ0n) is 18.6. The predicted molar refractivity (Wildman–Crippen MR) is 122 cm³/mol. The number of aryl methyl sites for hydroxylation is 1. The van der Waals surface area contributed by atoms with Crippen LogP contribution in [0.25, 0.3) is 0 Å². The maximum absolute atomic E-state index is 13.0. The maximum Gasteiger partial charge on any atom is 0.312 e. The molecule has 0 unspecified atom stereocenters. The number of anilines is 1. The molecular formula is C24H27N3O4S. The van der Waals surface area contributed by atoms with Crippen molar-refractivity contribution in [2.75, 3.05) is 11.5 Å². The monoisotopic (exact) mass is 453 g/mol. The van der Waals surface area contributed by atoms with Crippen molar-refractivity contribution < 1.29 is 19.1 Å². The van der Waals surface area contributed by atoms with Crippen molar-refractivity contribution in [1.29, 1.82) is 5.26 Å². The molecule has 1 fully saturated rings. The van der Waals surface area contributed by atoms with E-state index >= 15 is 0 Å². The molecule has 0 spiro atoms. The van der Waals surface area contributed by atoms with Crippen molar-refractivity contribution >= 4 is 34.8 Å². The zero-order valence-corrected chi connectivity index (χ0v) is 19.4. The van der Waals surface area contributed by atoms with Crippen molar-refractivity contribution in [2.24, 2.45) is 11.8 Å². The van der Waals surface area contributed by atoms with Gasteiger partial charge in [0.05, 0.1) is 18.0 Å². The Hall–Kier alpha value is -3.18. The molecule has 1 aliphatic heterocycles. The summed E-state index contributed by atoms with van der Waals surface area (Å²) in [5.74, 6) is -2.18. The van der Waals surface area contributed by atoms with Gasteiger partial charge in [-0.25, -0.2) is 0 Å². The van der Waals surface area contributed by atoms with Crippen LogP contribution in [0.1, 0.15) is 43.7 Å². The standard InChI is InChI=1S/C24H27N3O4S/c1-15(2)24(4,14-25)26-20(28)13-31-23(30)18-12-21(29)27(17-9-7-16(3)8-10-17)22(18)19-6-5-11-32-19/h5-11,15,18,22H,12-13H2,1-4H3,(H,26,28)/t18-,22-,24-/m0/s1. The van der Waals surface area contributed by atoms with E-state index in [2.05, 4.69) is 11.4 Å². The second kappa shape index (κ2) is 9.53. The van der Waals surface area contributed by atoms with Crippen molar-refractivity contribution in [3.05, 3.63) is 52.2 Å². The normalized spacial score (nSPS) is 20.0. The smallest absolute Gasteiger partial charge is 0.312 e. The number of hydrogen-bond acceptors (Lipinski definition) is 6. The molecule has 1 aromatic carbocycles. The molecule has 1 saturated heterocycles. The quantitative estimate of drug-likeness (QED) is 0.644. The van der Waals surface area contributed by atoms with E-state index in [0.717, 1.165) is 10.4 Å². The summed E-state index contributed by atoms with van der Waals surface area (Å²) in [5, 5.41) is 13.9. The molecule has 168 valence electrons. The van der Waals surface area contributed by atoms with E-state index in [1.807, 2.05) is 62.5 Å². The van der Waals surface area contributed by atoms with Crippen LogP contribution in [0.2, 0.25) is 0 Å². The highest BCUT2D eigenvalue weighted by Crippen LogP contribution is 2.43. The summed E-state index contributed by atoms with van der Waals surface area (Å²) in [6, 6.07) is 12.9. The molecule has 0 aliphatic carbocycles. The molecule has 0 saturated carbocycles. The number of nitrogens with one attached hydrogen (secondary N) is 1. The minimum atomic E-state index is -1.06. The molecule has 2 amide bonds. The molecule has 2 aromatic rings. The van der Waals surface area contributed by atoms with E-state index < -0.39 is 36.0 Å². The molecular weight excluding hydrogens is 426 g/mol. The third-order valence-corrected chi connectivity index (χ3v) is 6.85. The van der Waals surface area contributed by atoms with Gasteiger partial charge in [-0.1, -0.05) is 37.6 Å². The second-order valence-electron chi connectivity index (χ2n) is 8.49. The molecule has 3 atom stereocenters. The third-order valence-electron chi connectivity index (χ3n) is 5.90. The van der Waals surface area contributed by atoms with Crippen molar-refractivity contribution in [3.63, 3.8) is 0 Å². The van der Waals surface area contributed by atoms with Gasteiger partial charge >= 0.3 is 5.97 Å². The summed E-state index contributed by atoms with van der Waals surface area (Å²) in [6.07, 6.45) is -0.00119. The molecule has 8 heteroatoms. The third kappa shape index (κ3) is 4.83. The van der Waals surface area contributed by atoms with Gasteiger partial charge in [0.15, 0.2) is 6.61 Å². The first-order chi connectivity index (χ1) is 15.2. The lowest BCUT2D eigenvalue weighted by Gasteiger charge is -2.28. The van der Waals surface area contributed by atoms with Crippen LogP contribution < -0.4 is 10.2 Å². The van der Waals surface area contributed by atoms with Crippen LogP contribution in [0.15, 0.2) is 41.8 Å². The van der Waals surface area contributed by atoms with Crippen LogP contribution in [0, 0.1) is 30.1 Å². The fraction of sp³-hybridized carbons (Fsp3) is 0.417. The molecule has 0 radical (unpaired) electrons. The average Bonchev–Trinajstić information content (AvgIpc) is 3.40. The largest absolute Gasteiger partial charge is 0.455 e. The van der Waals surface area contributed by atoms with Crippen LogP contribution in [0.4, 0.5) is 5.69 Å². The summed E-state index contributed by atoms with van der Waals surface area (Å²) in [6.45, 7) is 6.73. The van der Waals surface area contributed by atoms with E-state index in [1.165, 1.54) is 11.3 Å². The van der Waals surface area contributed by atoms with Crippen LogP contribution >= 0.6 is 11.3 Å². The first-order valence-electron chi connectivity index (χ1n) is 10.5. The number of ether oxygens (including phenoxy) is 1. The summed E-state index contributed by atoms with van der Waals surface area (Å²) in [4.78, 5) is 40.7. The average molecular weight is 454 g/mol. The Balaban J connectivity index is 1.77. The van der Waals surface area contributed by atoms with Crippen molar-refractivity contribution in [1.82, 2.24) is 5.32 Å². The van der Waals surface area contributed by atoms with Crippen molar-refractivity contribution in [2.45, 2.75) is 45.7 Å². The van der Waals surface area contributed by atoms with Gasteiger partial charge in [-0.15, -0.1) is 11.3 Å². The molecule has 32 heavy (non-hydrogen) atoms. The van der Waals surface area contributed by atoms with Gasteiger partial charge in [0.25, 0.3) is 5.91 Å². The van der Waals surface area contributed by atoms with Gasteiger partial charge in [-0.2, -0.15) is 5.26 Å². The van der Waals surface area contributed by atoms with E-state index in [0.29, 0.717) is 5.69 Å². The minimum absolute atomic E-state index is 0.00119. The summed E-state index contributed by atoms with van der Waals surface area (Å²) < 4.78 is 5.30. The molecule has 1 aromatic heterocycles. The highest BCUT2D eigenvalue weighted by atomic mass is 32.1. The van der Waals surface area contributed by atoms with E-state index in [9.17, 15) is 19.6 Å². The molecule has 7 nitrogen and oxygen atoms in total. The van der Waals surface area contributed by atoms with Crippen molar-refractivity contribution in [3.8, 4) is 6.07 Å². The Morgan fingerprint density at radius 3 is 2.56 bits per heavy atom. The van der Waals surface area contributed by atoms with Gasteiger partial charge in [0.2, 0.25) is 5.91 Å². The number of nitriles is 1. The summed E-state index contributed by atoms with van der Waals surface area (Å²) in [7, 11) is 0. The number of amides is 2. The van der Waals surface area contributed by atoms with Crippen LogP contribution in [-0.2, 0) is 19.1 Å². The Morgan fingerprint density at radius 2 is 2.00 bits per heavy atom. The number of nitrogens with zero attached hydrogens (tertiary/aromatic N) is 2. The Kier molecular flexibility index (Phi) is 6.99. The number of thiophene rings is 1.